The molecular weight excluding hydrogens is 294 g/mol. The van der Waals surface area contributed by atoms with E-state index in [0.29, 0.717) is 19.6 Å². The van der Waals surface area contributed by atoms with Crippen LogP contribution in [0.15, 0.2) is 59.5 Å². The van der Waals surface area contributed by atoms with Gasteiger partial charge < -0.3 is 10.1 Å². The summed E-state index contributed by atoms with van der Waals surface area (Å²) in [4.78, 5) is 13.0. The molecule has 0 radical (unpaired) electrons. The van der Waals surface area contributed by atoms with E-state index in [2.05, 4.69) is 17.4 Å². The third-order valence-electron chi connectivity index (χ3n) is 3.16. The van der Waals surface area contributed by atoms with Gasteiger partial charge in [-0.3, -0.25) is 4.79 Å². The van der Waals surface area contributed by atoms with Crippen LogP contribution in [0.5, 0.6) is 0 Å². The lowest BCUT2D eigenvalue weighted by atomic mass is 10.1. The van der Waals surface area contributed by atoms with E-state index in [1.54, 1.807) is 18.9 Å². The number of carbonyl (C=O) groups is 1. The lowest BCUT2D eigenvalue weighted by Gasteiger charge is -2.06. The number of hydrogen-bond acceptors (Lipinski definition) is 3. The number of thioether (sulfide) groups is 1. The van der Waals surface area contributed by atoms with Crippen LogP contribution in [-0.2, 0) is 22.7 Å². The van der Waals surface area contributed by atoms with Gasteiger partial charge >= 0.3 is 0 Å². The lowest BCUT2D eigenvalue weighted by Crippen LogP contribution is -2.22. The number of benzene rings is 2. The lowest BCUT2D eigenvalue weighted by molar-refractivity contribution is -0.120. The average Bonchev–Trinajstić information content (AvgIpc) is 2.55. The molecule has 0 aromatic heterocycles. The van der Waals surface area contributed by atoms with Crippen molar-refractivity contribution in [2.24, 2.45) is 0 Å². The molecule has 0 aliphatic carbocycles. The van der Waals surface area contributed by atoms with E-state index in [1.807, 2.05) is 42.5 Å². The summed E-state index contributed by atoms with van der Waals surface area (Å²) in [5.74, 6) is 0.882. The zero-order valence-corrected chi connectivity index (χ0v) is 13.6. The van der Waals surface area contributed by atoms with Crippen molar-refractivity contribution in [2.45, 2.75) is 24.5 Å². The second kappa shape index (κ2) is 9.28. The van der Waals surface area contributed by atoms with Crippen LogP contribution in [0, 0.1) is 0 Å². The highest BCUT2D eigenvalue weighted by Crippen LogP contribution is 2.17. The molecule has 22 heavy (non-hydrogen) atoms. The van der Waals surface area contributed by atoms with Crippen molar-refractivity contribution in [3.05, 3.63) is 65.7 Å². The molecule has 4 heteroatoms. The molecule has 0 aliphatic heterocycles. The number of amides is 1. The van der Waals surface area contributed by atoms with Crippen molar-refractivity contribution in [1.29, 1.82) is 0 Å². The molecule has 116 valence electrons. The zero-order valence-electron chi connectivity index (χ0n) is 12.7. The summed E-state index contributed by atoms with van der Waals surface area (Å²) in [6.07, 6.45) is 0.529. The van der Waals surface area contributed by atoms with Gasteiger partial charge in [0.1, 0.15) is 0 Å². The summed E-state index contributed by atoms with van der Waals surface area (Å²) < 4.78 is 5.07. The number of methoxy groups -OCH3 is 1. The Morgan fingerprint density at radius 3 is 2.41 bits per heavy atom. The van der Waals surface area contributed by atoms with Crippen LogP contribution >= 0.6 is 11.8 Å². The minimum absolute atomic E-state index is 0.0874. The minimum Gasteiger partial charge on any atom is -0.380 e. The number of nitrogens with one attached hydrogen (secondary N) is 1. The van der Waals surface area contributed by atoms with Crippen LogP contribution in [0.25, 0.3) is 0 Å². The molecule has 1 N–H and O–H groups in total. The van der Waals surface area contributed by atoms with Crippen molar-refractivity contribution in [3.8, 4) is 0 Å². The molecule has 0 spiro atoms. The number of ether oxygens (including phenoxy) is 1. The molecule has 2 aromatic rings. The molecule has 2 aromatic carbocycles. The van der Waals surface area contributed by atoms with E-state index in [4.69, 9.17) is 4.74 Å². The number of hydrogen-bond donors (Lipinski definition) is 1. The Kier molecular flexibility index (Phi) is 7.00. The van der Waals surface area contributed by atoms with Gasteiger partial charge in [-0.25, -0.2) is 0 Å². The van der Waals surface area contributed by atoms with Crippen LogP contribution < -0.4 is 5.32 Å². The molecule has 0 bridgehead atoms. The van der Waals surface area contributed by atoms with Crippen LogP contribution in [0.1, 0.15) is 17.5 Å². The highest BCUT2D eigenvalue weighted by atomic mass is 32.2. The smallest absolute Gasteiger partial charge is 0.221 e. The third-order valence-corrected chi connectivity index (χ3v) is 4.18. The van der Waals surface area contributed by atoms with Crippen molar-refractivity contribution in [1.82, 2.24) is 5.32 Å². The van der Waals surface area contributed by atoms with Gasteiger partial charge in [0.2, 0.25) is 5.91 Å². The maximum absolute atomic E-state index is 11.8. The van der Waals surface area contributed by atoms with Gasteiger partial charge in [-0.1, -0.05) is 42.5 Å². The van der Waals surface area contributed by atoms with Crippen molar-refractivity contribution >= 4 is 17.7 Å². The first-order valence-electron chi connectivity index (χ1n) is 7.29. The van der Waals surface area contributed by atoms with Crippen LogP contribution in [-0.4, -0.2) is 18.8 Å². The first-order valence-corrected chi connectivity index (χ1v) is 8.28. The Morgan fingerprint density at radius 1 is 1.05 bits per heavy atom. The summed E-state index contributed by atoms with van der Waals surface area (Å²) in [5.41, 5.74) is 2.24. The predicted octanol–water partition coefficient (Wildman–Crippen LogP) is 3.63. The highest BCUT2D eigenvalue weighted by Gasteiger charge is 2.02. The molecule has 0 aliphatic rings. The summed E-state index contributed by atoms with van der Waals surface area (Å²) in [6.45, 7) is 1.19. The van der Waals surface area contributed by atoms with E-state index in [-0.39, 0.29) is 5.91 Å². The first kappa shape index (κ1) is 16.6. The predicted molar refractivity (Wildman–Crippen MR) is 90.8 cm³/mol. The Labute approximate surface area is 136 Å². The normalized spacial score (nSPS) is 10.4. The molecule has 0 saturated heterocycles. The molecule has 0 heterocycles. The standard InChI is InChI=1S/C18H21NO2S/c1-21-14-16-9-7-15(8-10-16)13-19-18(20)11-12-22-17-5-3-2-4-6-17/h2-10H,11-14H2,1H3,(H,19,20). The quantitative estimate of drug-likeness (QED) is 0.756. The Hall–Kier alpha value is -1.78. The SMILES string of the molecule is COCc1ccc(CNC(=O)CCSc2ccccc2)cc1. The average molecular weight is 315 g/mol. The van der Waals surface area contributed by atoms with Gasteiger partial charge in [0.05, 0.1) is 6.61 Å². The van der Waals surface area contributed by atoms with E-state index in [9.17, 15) is 4.79 Å². The Bertz CT molecular complexity index is 569. The highest BCUT2D eigenvalue weighted by molar-refractivity contribution is 7.99. The van der Waals surface area contributed by atoms with E-state index in [0.717, 1.165) is 16.9 Å². The van der Waals surface area contributed by atoms with E-state index >= 15 is 0 Å². The molecular formula is C18H21NO2S. The molecule has 0 atom stereocenters. The van der Waals surface area contributed by atoms with Crippen LogP contribution in [0.2, 0.25) is 0 Å². The molecule has 0 saturated carbocycles. The third kappa shape index (κ3) is 5.92. The van der Waals surface area contributed by atoms with E-state index < -0.39 is 0 Å². The molecule has 1 amide bonds. The second-order valence-corrected chi connectivity index (χ2v) is 6.11. The monoisotopic (exact) mass is 315 g/mol. The largest absolute Gasteiger partial charge is 0.380 e. The summed E-state index contributed by atoms with van der Waals surface area (Å²) in [7, 11) is 1.68. The van der Waals surface area contributed by atoms with Crippen molar-refractivity contribution in [3.63, 3.8) is 0 Å². The summed E-state index contributed by atoms with van der Waals surface area (Å²) in [6, 6.07) is 18.2. The van der Waals surface area contributed by atoms with Crippen molar-refractivity contribution < 1.29 is 9.53 Å². The molecule has 0 unspecified atom stereocenters. The molecule has 0 fully saturated rings. The minimum atomic E-state index is 0.0874. The fourth-order valence-electron chi connectivity index (χ4n) is 1.99. The number of carbonyl (C=O) groups excluding carboxylic acids is 1. The second-order valence-electron chi connectivity index (χ2n) is 4.94. The topological polar surface area (TPSA) is 38.3 Å². The Morgan fingerprint density at radius 2 is 1.73 bits per heavy atom. The first-order chi connectivity index (χ1) is 10.8. The summed E-state index contributed by atoms with van der Waals surface area (Å²) in [5, 5.41) is 2.95. The molecule has 3 nitrogen and oxygen atoms in total. The summed E-state index contributed by atoms with van der Waals surface area (Å²) >= 11 is 1.70. The van der Waals surface area contributed by atoms with E-state index in [1.165, 1.54) is 4.90 Å². The Balaban J connectivity index is 1.67. The van der Waals surface area contributed by atoms with Gasteiger partial charge in [-0.15, -0.1) is 11.8 Å². The van der Waals surface area contributed by atoms with Crippen LogP contribution in [0.4, 0.5) is 0 Å². The van der Waals surface area contributed by atoms with Crippen molar-refractivity contribution in [2.75, 3.05) is 12.9 Å². The van der Waals surface area contributed by atoms with Gasteiger partial charge in [0.15, 0.2) is 0 Å². The van der Waals surface area contributed by atoms with Crippen LogP contribution in [0.3, 0.4) is 0 Å². The van der Waals surface area contributed by atoms with Gasteiger partial charge in [-0.2, -0.15) is 0 Å². The number of rotatable bonds is 8. The fraction of sp³-hybridized carbons (Fsp3) is 0.278. The molecule has 2 rings (SSSR count). The maximum atomic E-state index is 11.8. The zero-order chi connectivity index (χ0) is 15.6. The van der Waals surface area contributed by atoms with Gasteiger partial charge in [0.25, 0.3) is 0 Å². The maximum Gasteiger partial charge on any atom is 0.221 e. The van der Waals surface area contributed by atoms with Gasteiger partial charge in [0, 0.05) is 30.7 Å². The van der Waals surface area contributed by atoms with Gasteiger partial charge in [-0.05, 0) is 23.3 Å². The fourth-order valence-corrected chi connectivity index (χ4v) is 2.86.